The van der Waals surface area contributed by atoms with Gasteiger partial charge in [-0.05, 0) is 97.3 Å². The van der Waals surface area contributed by atoms with Crippen molar-refractivity contribution in [2.24, 2.45) is 0 Å². The molecule has 2 saturated heterocycles. The number of aromatic nitrogens is 2. The Hall–Kier alpha value is -3.20. The number of thiophene rings is 1. The van der Waals surface area contributed by atoms with Crippen molar-refractivity contribution in [2.45, 2.75) is 94.2 Å². The van der Waals surface area contributed by atoms with Crippen LogP contribution in [0.1, 0.15) is 86.5 Å². The van der Waals surface area contributed by atoms with Gasteiger partial charge in [-0.2, -0.15) is 10.2 Å². The van der Waals surface area contributed by atoms with E-state index in [1.54, 1.807) is 0 Å². The molecule has 10 nitrogen and oxygen atoms in total. The zero-order chi connectivity index (χ0) is 30.8. The molecule has 2 aromatic heterocycles. The maximum Gasteiger partial charge on any atom is 0.219 e. The van der Waals surface area contributed by atoms with Crippen LogP contribution in [0, 0.1) is 16.7 Å². The largest absolute Gasteiger partial charge is 0.504 e. The van der Waals surface area contributed by atoms with Crippen molar-refractivity contribution >= 4 is 33.6 Å². The van der Waals surface area contributed by atoms with Gasteiger partial charge in [0.15, 0.2) is 11.6 Å². The van der Waals surface area contributed by atoms with E-state index >= 15 is 0 Å². The van der Waals surface area contributed by atoms with Gasteiger partial charge in [0, 0.05) is 58.9 Å². The summed E-state index contributed by atoms with van der Waals surface area (Å²) in [6.07, 6.45) is 9.23. The molecule has 0 aromatic carbocycles. The lowest BCUT2D eigenvalue weighted by Gasteiger charge is -2.42. The number of nitrogens with one attached hydrogen (secondary N) is 1. The Bertz CT molecular complexity index is 1560. The number of nitrogen functional groups attached to an aromatic ring is 1. The Morgan fingerprint density at radius 1 is 1.16 bits per heavy atom. The Labute approximate surface area is 264 Å². The summed E-state index contributed by atoms with van der Waals surface area (Å²) < 4.78 is 6.52. The first-order valence-corrected chi connectivity index (χ1v) is 17.0. The molecular weight excluding hydrogens is 572 g/mol. The molecule has 11 heteroatoms. The first-order chi connectivity index (χ1) is 21.2. The van der Waals surface area contributed by atoms with E-state index in [9.17, 15) is 15.8 Å². The summed E-state index contributed by atoms with van der Waals surface area (Å²) in [6, 6.07) is 4.58. The van der Waals surface area contributed by atoms with Crippen LogP contribution in [0.4, 0.5) is 10.8 Å². The Kier molecular flexibility index (Phi) is 7.38. The van der Waals surface area contributed by atoms with E-state index in [1.165, 1.54) is 24.2 Å². The number of piperazine rings is 1. The minimum atomic E-state index is -0.622. The van der Waals surface area contributed by atoms with Crippen LogP contribution in [0.25, 0.3) is 5.76 Å². The molecule has 0 radical (unpaired) electrons. The lowest BCUT2D eigenvalue weighted by Crippen LogP contribution is -2.53. The molecular formula is C33H44N8O2S. The standard InChI is InChI=1S/C33H44N8O2S/c1-20(23-8-6-14-39(23)2)43-26-17-25(41-16-15-40(3)32(19-41)12-13-32)37-31(38-26)28(42)21-7-4-10-33(29(21)35)11-5-9-24-27(33)22(18-34)30(36)44-24/h17,20,23,35,42H,4-16,19,36H2,1-3H3/b28-21-,35-29?/t20-,23-,33-/m0/s1. The van der Waals surface area contributed by atoms with E-state index in [-0.39, 0.29) is 23.2 Å². The van der Waals surface area contributed by atoms with E-state index in [0.717, 1.165) is 87.4 Å². The molecule has 0 unspecified atom stereocenters. The predicted molar refractivity (Wildman–Crippen MR) is 174 cm³/mol. The normalized spacial score (nSPS) is 28.6. The van der Waals surface area contributed by atoms with Crippen LogP contribution in [-0.4, -0.2) is 88.5 Å². The quantitative estimate of drug-likeness (QED) is 0.401. The van der Waals surface area contributed by atoms with Crippen molar-refractivity contribution in [3.8, 4) is 11.9 Å². The average molecular weight is 617 g/mol. The number of fused-ring (bicyclic) bond motifs is 2. The lowest BCUT2D eigenvalue weighted by molar-refractivity contribution is 0.116. The van der Waals surface area contributed by atoms with Crippen LogP contribution in [0.5, 0.6) is 5.88 Å². The van der Waals surface area contributed by atoms with Crippen molar-refractivity contribution in [3.63, 3.8) is 0 Å². The highest BCUT2D eigenvalue weighted by Gasteiger charge is 2.50. The van der Waals surface area contributed by atoms with E-state index < -0.39 is 5.41 Å². The number of nitrogens with two attached hydrogens (primary N) is 1. The molecule has 2 spiro atoms. The van der Waals surface area contributed by atoms with Crippen molar-refractivity contribution in [3.05, 3.63) is 33.5 Å². The van der Waals surface area contributed by atoms with Gasteiger partial charge in [-0.3, -0.25) is 9.80 Å². The number of aliphatic hydroxyl groups is 1. The number of hydrogen-bond acceptors (Lipinski definition) is 11. The minimum Gasteiger partial charge on any atom is -0.504 e. The molecule has 44 heavy (non-hydrogen) atoms. The molecule has 234 valence electrons. The fourth-order valence-electron chi connectivity index (χ4n) is 8.43. The molecule has 4 fully saturated rings. The second-order valence-electron chi connectivity index (χ2n) is 13.7. The van der Waals surface area contributed by atoms with Gasteiger partial charge >= 0.3 is 0 Å². The van der Waals surface area contributed by atoms with Gasteiger partial charge in [-0.25, -0.2) is 4.98 Å². The van der Waals surface area contributed by atoms with Gasteiger partial charge in [0.2, 0.25) is 5.88 Å². The second-order valence-corrected chi connectivity index (χ2v) is 14.8. The number of hydrogen-bond donors (Lipinski definition) is 3. The number of aryl methyl sites for hydroxylation is 1. The van der Waals surface area contributed by atoms with Gasteiger partial charge in [-0.1, -0.05) is 0 Å². The second kappa shape index (κ2) is 11.0. The third-order valence-electron chi connectivity index (χ3n) is 11.2. The molecule has 7 rings (SSSR count). The highest BCUT2D eigenvalue weighted by molar-refractivity contribution is 7.16. The molecule has 0 amide bonds. The van der Waals surface area contributed by atoms with Crippen LogP contribution in [0.2, 0.25) is 0 Å². The summed E-state index contributed by atoms with van der Waals surface area (Å²) in [7, 11) is 4.35. The number of likely N-dealkylation sites (tertiary alicyclic amines) is 1. The van der Waals surface area contributed by atoms with Crippen molar-refractivity contribution < 1.29 is 9.84 Å². The van der Waals surface area contributed by atoms with E-state index in [4.69, 9.17) is 20.4 Å². The Morgan fingerprint density at radius 3 is 2.64 bits per heavy atom. The molecule has 4 N–H and O–H groups in total. The van der Waals surface area contributed by atoms with Crippen LogP contribution < -0.4 is 15.4 Å². The molecule has 2 aromatic rings. The third kappa shape index (κ3) is 4.77. The summed E-state index contributed by atoms with van der Waals surface area (Å²) in [5.41, 5.74) is 8.26. The number of rotatable bonds is 5. The van der Waals surface area contributed by atoms with Gasteiger partial charge in [-0.15, -0.1) is 11.3 Å². The fraction of sp³-hybridized carbons (Fsp3) is 0.636. The molecule has 2 saturated carbocycles. The number of allylic oxidation sites excluding steroid dienone is 1. The zero-order valence-corrected chi connectivity index (χ0v) is 27.0. The summed E-state index contributed by atoms with van der Waals surface area (Å²) >= 11 is 1.48. The van der Waals surface area contributed by atoms with Crippen molar-refractivity contribution in [2.75, 3.05) is 50.9 Å². The zero-order valence-electron chi connectivity index (χ0n) is 26.2. The number of ether oxygens (including phenoxy) is 1. The van der Waals surface area contributed by atoms with Gasteiger partial charge < -0.3 is 25.9 Å². The summed E-state index contributed by atoms with van der Waals surface area (Å²) in [6.45, 7) is 5.83. The Balaban J connectivity index is 1.28. The van der Waals surface area contributed by atoms with Crippen LogP contribution >= 0.6 is 11.3 Å². The van der Waals surface area contributed by atoms with Crippen molar-refractivity contribution in [1.82, 2.24) is 19.8 Å². The van der Waals surface area contributed by atoms with E-state index in [2.05, 4.69) is 41.8 Å². The monoisotopic (exact) mass is 616 g/mol. The number of anilines is 2. The van der Waals surface area contributed by atoms with Gasteiger partial charge in [0.1, 0.15) is 23.0 Å². The highest BCUT2D eigenvalue weighted by Crippen LogP contribution is 2.52. The highest BCUT2D eigenvalue weighted by atomic mass is 32.1. The first-order valence-electron chi connectivity index (χ1n) is 16.2. The topological polar surface area (TPSA) is 139 Å². The average Bonchev–Trinajstić information content (AvgIpc) is 3.51. The molecule has 0 bridgehead atoms. The van der Waals surface area contributed by atoms with Gasteiger partial charge in [0.05, 0.1) is 5.56 Å². The van der Waals surface area contributed by atoms with Crippen LogP contribution in [0.3, 0.4) is 0 Å². The smallest absolute Gasteiger partial charge is 0.219 e. The van der Waals surface area contributed by atoms with Gasteiger partial charge in [0.25, 0.3) is 0 Å². The SMILES string of the molecule is C[C@H](Oc1cc(N2CCN(C)C3(CC3)C2)nc(/C(O)=C2\CCC[C@@]3(CCCc4sc(N)c(C#N)c43)C2=N)n1)[C@@H]1CCCN1C. The maximum atomic E-state index is 11.9. The maximum absolute atomic E-state index is 11.9. The lowest BCUT2D eigenvalue weighted by atomic mass is 9.60. The fourth-order valence-corrected chi connectivity index (χ4v) is 9.59. The summed E-state index contributed by atoms with van der Waals surface area (Å²) in [4.78, 5) is 18.0. The number of likely N-dealkylation sites (N-methyl/N-ethyl adjacent to an activating group) is 2. The summed E-state index contributed by atoms with van der Waals surface area (Å²) in [5, 5.41) is 32.0. The third-order valence-corrected chi connectivity index (χ3v) is 12.3. The number of aliphatic hydroxyl groups excluding tert-OH is 1. The molecule has 3 atom stereocenters. The van der Waals surface area contributed by atoms with Crippen LogP contribution in [-0.2, 0) is 11.8 Å². The molecule has 3 aliphatic carbocycles. The molecule has 5 aliphatic rings. The first kappa shape index (κ1) is 29.5. The molecule has 2 aliphatic heterocycles. The number of nitriles is 1. The van der Waals surface area contributed by atoms with Crippen LogP contribution in [0.15, 0.2) is 11.6 Å². The number of nitrogens with zero attached hydrogens (tertiary/aromatic N) is 6. The minimum absolute atomic E-state index is 0.0458. The van der Waals surface area contributed by atoms with E-state index in [0.29, 0.717) is 40.2 Å². The van der Waals surface area contributed by atoms with E-state index in [1.807, 2.05) is 6.07 Å². The predicted octanol–water partition coefficient (Wildman–Crippen LogP) is 4.88. The van der Waals surface area contributed by atoms with Crippen molar-refractivity contribution in [1.29, 1.82) is 10.7 Å². The summed E-state index contributed by atoms with van der Waals surface area (Å²) in [5.74, 6) is 1.39. The Morgan fingerprint density at radius 2 is 1.93 bits per heavy atom. The molecule has 4 heterocycles.